The van der Waals surface area contributed by atoms with Gasteiger partial charge in [-0.3, -0.25) is 4.79 Å². The maximum Gasteiger partial charge on any atom is 0.357 e. The van der Waals surface area contributed by atoms with E-state index in [1.165, 1.54) is 18.7 Å². The number of hydrogen-bond donors (Lipinski definition) is 1. The lowest BCUT2D eigenvalue weighted by atomic mass is 9.92. The Kier molecular flexibility index (Phi) is 3.98. The second kappa shape index (κ2) is 6.11. The summed E-state index contributed by atoms with van der Waals surface area (Å²) in [7, 11) is 2.79. The Bertz CT molecular complexity index is 842. The van der Waals surface area contributed by atoms with Crippen LogP contribution >= 0.6 is 0 Å². The molecule has 0 amide bonds. The maximum atomic E-state index is 12.3. The average Bonchev–Trinajstić information content (AvgIpc) is 3.07. The molecule has 1 aromatic carbocycles. The van der Waals surface area contributed by atoms with Gasteiger partial charge in [-0.05, 0) is 35.0 Å². The molecule has 124 valence electrons. The van der Waals surface area contributed by atoms with Crippen LogP contribution in [0.5, 0.6) is 5.75 Å². The van der Waals surface area contributed by atoms with Crippen molar-refractivity contribution < 1.29 is 19.1 Å². The van der Waals surface area contributed by atoms with E-state index in [-0.39, 0.29) is 23.0 Å². The van der Waals surface area contributed by atoms with Crippen LogP contribution in [-0.4, -0.2) is 46.2 Å². The van der Waals surface area contributed by atoms with Gasteiger partial charge in [-0.25, -0.2) is 4.79 Å². The Morgan fingerprint density at radius 2 is 2.08 bits per heavy atom. The van der Waals surface area contributed by atoms with E-state index in [4.69, 9.17) is 9.47 Å². The molecule has 24 heavy (non-hydrogen) atoms. The van der Waals surface area contributed by atoms with Gasteiger partial charge in [0.1, 0.15) is 5.75 Å². The highest BCUT2D eigenvalue weighted by molar-refractivity contribution is 6.20. The molecule has 3 rings (SSSR count). The standard InChI is InChI=1S/C15H15N5O4/c1-8(21)11-12(9-5-4-6-10(7-9)23-2)16-15-17-18-19-20(15)13(11)14(22)24-3/h4-7,12H,1-3H3,(H,16,17,19)/t12-/m1/s1. The molecular formula is C15H15N5O4. The van der Waals surface area contributed by atoms with Gasteiger partial charge in [0.2, 0.25) is 5.95 Å². The molecule has 1 aliphatic heterocycles. The molecule has 0 radical (unpaired) electrons. The molecule has 0 fully saturated rings. The normalized spacial score (nSPS) is 16.2. The van der Waals surface area contributed by atoms with Crippen LogP contribution in [-0.2, 0) is 14.3 Å². The number of Topliss-reactive ketones (excluding diaryl/α,β-unsaturated/α-hetero) is 1. The zero-order valence-corrected chi connectivity index (χ0v) is 13.3. The van der Waals surface area contributed by atoms with Gasteiger partial charge in [-0.2, -0.15) is 4.68 Å². The lowest BCUT2D eigenvalue weighted by Gasteiger charge is -2.27. The van der Waals surface area contributed by atoms with Crippen molar-refractivity contribution in [1.29, 1.82) is 0 Å². The molecular weight excluding hydrogens is 314 g/mol. The van der Waals surface area contributed by atoms with Crippen LogP contribution in [0.25, 0.3) is 5.70 Å². The quantitative estimate of drug-likeness (QED) is 0.821. The molecule has 0 aliphatic carbocycles. The van der Waals surface area contributed by atoms with Crippen LogP contribution in [0.3, 0.4) is 0 Å². The second-order valence-corrected chi connectivity index (χ2v) is 5.08. The largest absolute Gasteiger partial charge is 0.497 e. The van der Waals surface area contributed by atoms with E-state index in [0.717, 1.165) is 5.56 Å². The zero-order chi connectivity index (χ0) is 17.3. The number of ether oxygens (including phenoxy) is 2. The van der Waals surface area contributed by atoms with Crippen LogP contribution in [0.4, 0.5) is 5.95 Å². The summed E-state index contributed by atoms with van der Waals surface area (Å²) in [4.78, 5) is 24.5. The molecule has 0 saturated carbocycles. The fraction of sp³-hybridized carbons (Fsp3) is 0.267. The number of esters is 1. The minimum absolute atomic E-state index is 0.00318. The number of benzene rings is 1. The number of aromatic nitrogens is 4. The predicted octanol–water partition coefficient (Wildman–Crippen LogP) is 0.822. The fourth-order valence-corrected chi connectivity index (χ4v) is 2.61. The summed E-state index contributed by atoms with van der Waals surface area (Å²) in [5, 5.41) is 14.2. The molecule has 9 heteroatoms. The summed E-state index contributed by atoms with van der Waals surface area (Å²) >= 11 is 0. The third kappa shape index (κ3) is 2.49. The van der Waals surface area contributed by atoms with Gasteiger partial charge in [-0.1, -0.05) is 17.2 Å². The number of nitrogens with zero attached hydrogens (tertiary/aromatic N) is 4. The van der Waals surface area contributed by atoms with Crippen LogP contribution in [0, 0.1) is 0 Å². The Morgan fingerprint density at radius 3 is 2.75 bits per heavy atom. The molecule has 1 aromatic heterocycles. The lowest BCUT2D eigenvalue weighted by Crippen LogP contribution is -2.30. The summed E-state index contributed by atoms with van der Waals surface area (Å²) in [6.07, 6.45) is 0. The van der Waals surface area contributed by atoms with Crippen molar-refractivity contribution in [2.24, 2.45) is 0 Å². The van der Waals surface area contributed by atoms with Gasteiger partial charge >= 0.3 is 5.97 Å². The van der Waals surface area contributed by atoms with E-state index < -0.39 is 12.0 Å². The SMILES string of the molecule is COC(=O)C1=C(C(C)=O)[C@@H](c2cccc(OC)c2)Nc2nnnn21. The van der Waals surface area contributed by atoms with E-state index in [1.54, 1.807) is 25.3 Å². The van der Waals surface area contributed by atoms with Gasteiger partial charge < -0.3 is 14.8 Å². The zero-order valence-electron chi connectivity index (χ0n) is 13.3. The molecule has 0 unspecified atom stereocenters. The Balaban J connectivity index is 2.22. The summed E-state index contributed by atoms with van der Waals surface area (Å²) in [5.41, 5.74) is 0.946. The first kappa shape index (κ1) is 15.7. The molecule has 1 N–H and O–H groups in total. The first-order valence-electron chi connectivity index (χ1n) is 7.09. The van der Waals surface area contributed by atoms with Crippen molar-refractivity contribution >= 4 is 23.4 Å². The minimum atomic E-state index is -0.692. The number of carbonyl (C=O) groups excluding carboxylic acids is 2. The number of carbonyl (C=O) groups is 2. The van der Waals surface area contributed by atoms with Crippen molar-refractivity contribution in [1.82, 2.24) is 20.2 Å². The molecule has 9 nitrogen and oxygen atoms in total. The van der Waals surface area contributed by atoms with Gasteiger partial charge in [0.05, 0.1) is 25.8 Å². The molecule has 1 atom stereocenters. The molecule has 0 bridgehead atoms. The Hall–Kier alpha value is -3.23. The number of nitrogens with one attached hydrogen (secondary N) is 1. The number of hydrogen-bond acceptors (Lipinski definition) is 8. The number of tetrazole rings is 1. The molecule has 2 heterocycles. The van der Waals surface area contributed by atoms with Gasteiger partial charge in [-0.15, -0.1) is 0 Å². The molecule has 0 saturated heterocycles. The van der Waals surface area contributed by atoms with Gasteiger partial charge in [0, 0.05) is 0 Å². The minimum Gasteiger partial charge on any atom is -0.497 e. The van der Waals surface area contributed by atoms with Crippen LogP contribution in [0.15, 0.2) is 29.8 Å². The fourth-order valence-electron chi connectivity index (χ4n) is 2.61. The molecule has 1 aliphatic rings. The van der Waals surface area contributed by atoms with E-state index in [0.29, 0.717) is 5.75 Å². The number of ketones is 1. The van der Waals surface area contributed by atoms with Crippen molar-refractivity contribution in [2.45, 2.75) is 13.0 Å². The molecule has 2 aromatic rings. The smallest absolute Gasteiger partial charge is 0.357 e. The highest BCUT2D eigenvalue weighted by Crippen LogP contribution is 2.36. The monoisotopic (exact) mass is 329 g/mol. The number of fused-ring (bicyclic) bond motifs is 1. The average molecular weight is 329 g/mol. The highest BCUT2D eigenvalue weighted by atomic mass is 16.5. The predicted molar refractivity (Wildman–Crippen MR) is 83.1 cm³/mol. The lowest BCUT2D eigenvalue weighted by molar-refractivity contribution is -0.134. The van der Waals surface area contributed by atoms with Crippen LogP contribution in [0.2, 0.25) is 0 Å². The van der Waals surface area contributed by atoms with Crippen molar-refractivity contribution in [2.75, 3.05) is 19.5 Å². The summed E-state index contributed by atoms with van der Waals surface area (Å²) < 4.78 is 11.2. The van der Waals surface area contributed by atoms with Crippen molar-refractivity contribution in [3.8, 4) is 5.75 Å². The van der Waals surface area contributed by atoms with Crippen molar-refractivity contribution in [3.63, 3.8) is 0 Å². The number of rotatable bonds is 4. The van der Waals surface area contributed by atoms with E-state index in [1.807, 2.05) is 6.07 Å². The van der Waals surface area contributed by atoms with E-state index in [9.17, 15) is 9.59 Å². The third-order valence-corrected chi connectivity index (χ3v) is 3.68. The first-order valence-corrected chi connectivity index (χ1v) is 7.09. The highest BCUT2D eigenvalue weighted by Gasteiger charge is 2.36. The van der Waals surface area contributed by atoms with E-state index >= 15 is 0 Å². The summed E-state index contributed by atoms with van der Waals surface area (Å²) in [6, 6.07) is 6.56. The van der Waals surface area contributed by atoms with Crippen LogP contribution < -0.4 is 10.1 Å². The van der Waals surface area contributed by atoms with Crippen molar-refractivity contribution in [3.05, 3.63) is 35.4 Å². The summed E-state index contributed by atoms with van der Waals surface area (Å²) in [6.45, 7) is 1.38. The molecule has 0 spiro atoms. The number of anilines is 1. The topological polar surface area (TPSA) is 108 Å². The van der Waals surface area contributed by atoms with Gasteiger partial charge in [0.25, 0.3) is 0 Å². The second-order valence-electron chi connectivity index (χ2n) is 5.08. The van der Waals surface area contributed by atoms with E-state index in [2.05, 4.69) is 20.8 Å². The first-order chi connectivity index (χ1) is 11.6. The summed E-state index contributed by atoms with van der Waals surface area (Å²) in [5.74, 6) is -0.116. The maximum absolute atomic E-state index is 12.3. The Labute approximate surface area is 137 Å². The number of methoxy groups -OCH3 is 2. The van der Waals surface area contributed by atoms with Crippen LogP contribution in [0.1, 0.15) is 18.5 Å². The Morgan fingerprint density at radius 1 is 1.29 bits per heavy atom. The van der Waals surface area contributed by atoms with Gasteiger partial charge in [0.15, 0.2) is 11.5 Å². The third-order valence-electron chi connectivity index (χ3n) is 3.68.